The molecule has 0 fully saturated rings. The number of benzene rings is 1. The Bertz CT molecular complexity index is 521. The molecule has 0 amide bonds. The van der Waals surface area contributed by atoms with Gasteiger partial charge >= 0.3 is 5.97 Å². The molecule has 1 aliphatic carbocycles. The van der Waals surface area contributed by atoms with Crippen LogP contribution >= 0.6 is 0 Å². The number of carbonyl (C=O) groups excluding carboxylic acids is 1. The van der Waals surface area contributed by atoms with Crippen LogP contribution in [-0.4, -0.2) is 17.7 Å². The fourth-order valence-electron chi connectivity index (χ4n) is 3.09. The van der Waals surface area contributed by atoms with E-state index in [1.54, 1.807) is 6.92 Å². The van der Waals surface area contributed by atoms with Crippen LogP contribution < -0.4 is 0 Å². The van der Waals surface area contributed by atoms with Crippen LogP contribution in [0.5, 0.6) is 0 Å². The number of rotatable bonds is 5. The van der Waals surface area contributed by atoms with E-state index in [0.717, 1.165) is 31.2 Å². The zero-order valence-corrected chi connectivity index (χ0v) is 12.7. The molecule has 1 unspecified atom stereocenters. The van der Waals surface area contributed by atoms with E-state index < -0.39 is 5.60 Å². The highest BCUT2D eigenvalue weighted by molar-refractivity contribution is 5.87. The molecule has 0 saturated carbocycles. The van der Waals surface area contributed by atoms with Gasteiger partial charge in [0, 0.05) is 12.2 Å². The van der Waals surface area contributed by atoms with Crippen LogP contribution in [0.3, 0.4) is 0 Å². The van der Waals surface area contributed by atoms with E-state index in [2.05, 4.69) is 18.7 Å². The van der Waals surface area contributed by atoms with E-state index in [1.807, 2.05) is 12.1 Å². The van der Waals surface area contributed by atoms with Crippen molar-refractivity contribution < 1.29 is 14.6 Å². The third kappa shape index (κ3) is 3.53. The molecule has 3 nitrogen and oxygen atoms in total. The summed E-state index contributed by atoms with van der Waals surface area (Å²) in [6, 6.07) is 8.20. The predicted octanol–water partition coefficient (Wildman–Crippen LogP) is 3.50. The van der Waals surface area contributed by atoms with Gasteiger partial charge in [0.1, 0.15) is 5.60 Å². The zero-order valence-electron chi connectivity index (χ0n) is 12.7. The lowest BCUT2D eigenvalue weighted by molar-refractivity contribution is -0.158. The molecule has 0 bridgehead atoms. The van der Waals surface area contributed by atoms with Gasteiger partial charge in [-0.2, -0.15) is 0 Å². The minimum Gasteiger partial charge on any atom is -0.451 e. The Morgan fingerprint density at radius 2 is 2.14 bits per heavy atom. The summed E-state index contributed by atoms with van der Waals surface area (Å²) in [7, 11) is 0. The maximum Gasteiger partial charge on any atom is 0.333 e. The SMILES string of the molecule is C=C(C)C(=O)OC1(CCCO)CCCCc2ccccc21. The van der Waals surface area contributed by atoms with Crippen molar-refractivity contribution in [2.24, 2.45) is 0 Å². The number of aryl methyl sites for hydroxylation is 1. The third-order valence-corrected chi connectivity index (χ3v) is 4.16. The highest BCUT2D eigenvalue weighted by atomic mass is 16.6. The van der Waals surface area contributed by atoms with Crippen molar-refractivity contribution in [1.82, 2.24) is 0 Å². The summed E-state index contributed by atoms with van der Waals surface area (Å²) in [4.78, 5) is 12.1. The monoisotopic (exact) mass is 288 g/mol. The van der Waals surface area contributed by atoms with Gasteiger partial charge in [0.05, 0.1) is 0 Å². The fraction of sp³-hybridized carbons (Fsp3) is 0.500. The summed E-state index contributed by atoms with van der Waals surface area (Å²) >= 11 is 0. The Hall–Kier alpha value is -1.61. The van der Waals surface area contributed by atoms with Crippen LogP contribution in [0, 0.1) is 0 Å². The van der Waals surface area contributed by atoms with Gasteiger partial charge < -0.3 is 9.84 Å². The van der Waals surface area contributed by atoms with Crippen LogP contribution in [0.15, 0.2) is 36.4 Å². The Morgan fingerprint density at radius 3 is 2.86 bits per heavy atom. The molecule has 1 aromatic carbocycles. The van der Waals surface area contributed by atoms with Crippen LogP contribution in [0.2, 0.25) is 0 Å². The highest BCUT2D eigenvalue weighted by Crippen LogP contribution is 2.41. The predicted molar refractivity (Wildman–Crippen MR) is 82.9 cm³/mol. The first-order valence-electron chi connectivity index (χ1n) is 7.67. The molecule has 1 aliphatic rings. The summed E-state index contributed by atoms with van der Waals surface area (Å²) in [5, 5.41) is 9.21. The first-order valence-corrected chi connectivity index (χ1v) is 7.67. The minimum absolute atomic E-state index is 0.106. The molecule has 0 saturated heterocycles. The van der Waals surface area contributed by atoms with E-state index in [1.165, 1.54) is 5.56 Å². The van der Waals surface area contributed by atoms with E-state index in [9.17, 15) is 9.90 Å². The van der Waals surface area contributed by atoms with Gasteiger partial charge in [0.2, 0.25) is 0 Å². The van der Waals surface area contributed by atoms with Gasteiger partial charge in [-0.15, -0.1) is 0 Å². The average molecular weight is 288 g/mol. The van der Waals surface area contributed by atoms with Crippen molar-refractivity contribution in [1.29, 1.82) is 0 Å². The number of aliphatic hydroxyl groups is 1. The van der Waals surface area contributed by atoms with Crippen molar-refractivity contribution in [3.05, 3.63) is 47.5 Å². The van der Waals surface area contributed by atoms with E-state index in [4.69, 9.17) is 4.74 Å². The van der Waals surface area contributed by atoms with Crippen molar-refractivity contribution in [2.75, 3.05) is 6.61 Å². The fourth-order valence-corrected chi connectivity index (χ4v) is 3.09. The molecule has 0 aliphatic heterocycles. The first-order chi connectivity index (χ1) is 10.1. The van der Waals surface area contributed by atoms with E-state index in [0.29, 0.717) is 18.4 Å². The Kier molecular flexibility index (Phi) is 5.18. The molecule has 0 aromatic heterocycles. The lowest BCUT2D eigenvalue weighted by Crippen LogP contribution is -2.33. The number of fused-ring (bicyclic) bond motifs is 1. The van der Waals surface area contributed by atoms with Crippen molar-refractivity contribution in [2.45, 2.75) is 51.0 Å². The standard InChI is InChI=1S/C18H24O3/c1-14(2)17(20)21-18(12-7-13-19)11-6-5-9-15-8-3-4-10-16(15)18/h3-4,8,10,19H,1,5-7,9,11-13H2,2H3. The molecule has 1 atom stereocenters. The van der Waals surface area contributed by atoms with Crippen LogP contribution in [0.25, 0.3) is 0 Å². The largest absolute Gasteiger partial charge is 0.451 e. The average Bonchev–Trinajstić information content (AvgIpc) is 2.66. The number of aliphatic hydroxyl groups excluding tert-OH is 1. The van der Waals surface area contributed by atoms with Gasteiger partial charge in [-0.25, -0.2) is 4.79 Å². The molecule has 3 heteroatoms. The first kappa shape index (κ1) is 15.8. The number of ether oxygens (including phenoxy) is 1. The highest BCUT2D eigenvalue weighted by Gasteiger charge is 2.38. The Balaban J connectivity index is 2.42. The van der Waals surface area contributed by atoms with Crippen LogP contribution in [0.1, 0.15) is 50.2 Å². The maximum atomic E-state index is 12.1. The smallest absolute Gasteiger partial charge is 0.333 e. The molecule has 0 radical (unpaired) electrons. The summed E-state index contributed by atoms with van der Waals surface area (Å²) < 4.78 is 5.90. The molecule has 21 heavy (non-hydrogen) atoms. The molecule has 114 valence electrons. The summed E-state index contributed by atoms with van der Waals surface area (Å²) in [6.45, 7) is 5.46. The molecule has 0 heterocycles. The second-order valence-electron chi connectivity index (χ2n) is 5.86. The summed E-state index contributed by atoms with van der Waals surface area (Å²) in [5.41, 5.74) is 2.15. The molecule has 1 aromatic rings. The number of carbonyl (C=O) groups is 1. The number of hydrogen-bond donors (Lipinski definition) is 1. The van der Waals surface area contributed by atoms with Gasteiger partial charge in [0.25, 0.3) is 0 Å². The minimum atomic E-state index is -0.619. The molecular weight excluding hydrogens is 264 g/mol. The van der Waals surface area contributed by atoms with Crippen molar-refractivity contribution >= 4 is 5.97 Å². The zero-order chi connectivity index (χ0) is 15.3. The van der Waals surface area contributed by atoms with Crippen molar-refractivity contribution in [3.63, 3.8) is 0 Å². The van der Waals surface area contributed by atoms with Crippen LogP contribution in [0.4, 0.5) is 0 Å². The number of hydrogen-bond acceptors (Lipinski definition) is 3. The Morgan fingerprint density at radius 1 is 1.38 bits per heavy atom. The molecule has 0 spiro atoms. The normalized spacial score (nSPS) is 21.2. The summed E-state index contributed by atoms with van der Waals surface area (Å²) in [6.07, 6.45) is 5.22. The second-order valence-corrected chi connectivity index (χ2v) is 5.86. The molecule has 1 N–H and O–H groups in total. The third-order valence-electron chi connectivity index (χ3n) is 4.16. The Labute approximate surface area is 126 Å². The van der Waals surface area contributed by atoms with E-state index >= 15 is 0 Å². The summed E-state index contributed by atoms with van der Waals surface area (Å²) in [5.74, 6) is -0.343. The second kappa shape index (κ2) is 6.90. The lowest BCUT2D eigenvalue weighted by atomic mass is 9.83. The van der Waals surface area contributed by atoms with Crippen LogP contribution in [-0.2, 0) is 21.6 Å². The van der Waals surface area contributed by atoms with E-state index in [-0.39, 0.29) is 12.6 Å². The molecule has 2 rings (SSSR count). The molecular formula is C18H24O3. The van der Waals surface area contributed by atoms with Gasteiger partial charge in [0.15, 0.2) is 0 Å². The van der Waals surface area contributed by atoms with Gasteiger partial charge in [-0.1, -0.05) is 30.8 Å². The number of esters is 1. The lowest BCUT2D eigenvalue weighted by Gasteiger charge is -2.34. The van der Waals surface area contributed by atoms with Gasteiger partial charge in [-0.3, -0.25) is 0 Å². The topological polar surface area (TPSA) is 46.5 Å². The van der Waals surface area contributed by atoms with Crippen molar-refractivity contribution in [3.8, 4) is 0 Å². The quantitative estimate of drug-likeness (QED) is 0.512. The van der Waals surface area contributed by atoms with Gasteiger partial charge in [-0.05, 0) is 56.6 Å². The maximum absolute atomic E-state index is 12.1.